The van der Waals surface area contributed by atoms with E-state index < -0.39 is 0 Å². The molecule has 1 aromatic carbocycles. The van der Waals surface area contributed by atoms with Gasteiger partial charge in [-0.15, -0.1) is 17.9 Å². The third kappa shape index (κ3) is 3.37. The van der Waals surface area contributed by atoms with Gasteiger partial charge in [0.25, 0.3) is 5.56 Å². The van der Waals surface area contributed by atoms with Gasteiger partial charge in [0.1, 0.15) is 4.83 Å². The Morgan fingerprint density at radius 2 is 2.19 bits per heavy atom. The van der Waals surface area contributed by atoms with Gasteiger partial charge in [-0.1, -0.05) is 41.6 Å². The highest BCUT2D eigenvalue weighted by atomic mass is 35.5. The van der Waals surface area contributed by atoms with Crippen molar-refractivity contribution in [3.63, 3.8) is 0 Å². The molecule has 0 aliphatic heterocycles. The van der Waals surface area contributed by atoms with Gasteiger partial charge < -0.3 is 0 Å². The molecule has 0 saturated carbocycles. The number of hydrogen-bond acceptors (Lipinski definition) is 5. The quantitative estimate of drug-likeness (QED) is 0.251. The third-order valence-electron chi connectivity index (χ3n) is 4.61. The molecule has 4 rings (SSSR count). The average Bonchev–Trinajstić information content (AvgIpc) is 3.23. The topological polar surface area (TPSA) is 52.0 Å². The maximum atomic E-state index is 13.1. The van der Waals surface area contributed by atoms with Crippen molar-refractivity contribution < 1.29 is 4.79 Å². The second-order valence-electron chi connectivity index (χ2n) is 6.33. The highest BCUT2D eigenvalue weighted by Gasteiger charge is 2.23. The molecule has 0 bridgehead atoms. The van der Waals surface area contributed by atoms with E-state index in [1.54, 1.807) is 46.2 Å². The number of thioether (sulfide) groups is 1. The fourth-order valence-corrected chi connectivity index (χ4v) is 5.79. The number of ketones is 1. The van der Waals surface area contributed by atoms with Gasteiger partial charge in [-0.2, -0.15) is 0 Å². The molecule has 1 aliphatic carbocycles. The normalized spacial score (nSPS) is 13.1. The summed E-state index contributed by atoms with van der Waals surface area (Å²) in [5.74, 6) is 0.0861. The molecule has 138 valence electrons. The number of thiophene rings is 1. The van der Waals surface area contributed by atoms with Gasteiger partial charge in [0, 0.05) is 17.0 Å². The Kier molecular flexibility index (Phi) is 5.21. The molecule has 0 atom stereocenters. The average molecular weight is 417 g/mol. The maximum Gasteiger partial charge on any atom is 0.263 e. The summed E-state index contributed by atoms with van der Waals surface area (Å²) in [5, 5.41) is 1.73. The predicted octanol–water partition coefficient (Wildman–Crippen LogP) is 4.76. The Labute approximate surface area is 169 Å². The van der Waals surface area contributed by atoms with Crippen LogP contribution in [0.1, 0.15) is 27.2 Å². The van der Waals surface area contributed by atoms with E-state index in [4.69, 9.17) is 16.6 Å². The van der Waals surface area contributed by atoms with Gasteiger partial charge >= 0.3 is 0 Å². The number of benzene rings is 1. The smallest absolute Gasteiger partial charge is 0.263 e. The van der Waals surface area contributed by atoms with Crippen LogP contribution < -0.4 is 5.56 Å². The zero-order valence-corrected chi connectivity index (χ0v) is 16.9. The van der Waals surface area contributed by atoms with Crippen LogP contribution in [0, 0.1) is 0 Å². The molecule has 4 nitrogen and oxygen atoms in total. The Bertz CT molecular complexity index is 1120. The molecular weight excluding hydrogens is 400 g/mol. The number of fused-ring (bicyclic) bond motifs is 3. The van der Waals surface area contributed by atoms with E-state index in [-0.39, 0.29) is 17.1 Å². The molecule has 2 aromatic heterocycles. The SMILES string of the molecule is C=CCn1c(SCC(=O)c2ccccc2Cl)nc2sc3c(c2c1=O)CCC3. The van der Waals surface area contributed by atoms with Gasteiger partial charge in [-0.05, 0) is 37.0 Å². The lowest BCUT2D eigenvalue weighted by Gasteiger charge is -2.10. The number of Topliss-reactive ketones (excluding diaryl/α,β-unsaturated/α-hetero) is 1. The first-order valence-corrected chi connectivity index (χ1v) is 10.8. The van der Waals surface area contributed by atoms with Gasteiger partial charge in [-0.25, -0.2) is 4.98 Å². The van der Waals surface area contributed by atoms with Crippen molar-refractivity contribution >= 4 is 50.7 Å². The molecule has 0 N–H and O–H groups in total. The number of hydrogen-bond donors (Lipinski definition) is 0. The summed E-state index contributed by atoms with van der Waals surface area (Å²) in [5.41, 5.74) is 1.61. The van der Waals surface area contributed by atoms with E-state index in [2.05, 4.69) is 6.58 Å². The van der Waals surface area contributed by atoms with Gasteiger partial charge in [0.2, 0.25) is 0 Å². The number of aryl methyl sites for hydroxylation is 2. The molecule has 0 radical (unpaired) electrons. The van der Waals surface area contributed by atoms with Crippen LogP contribution in [0.15, 0.2) is 46.9 Å². The molecule has 27 heavy (non-hydrogen) atoms. The highest BCUT2D eigenvalue weighted by molar-refractivity contribution is 7.99. The largest absolute Gasteiger partial charge is 0.293 e. The zero-order valence-electron chi connectivity index (χ0n) is 14.5. The molecule has 0 spiro atoms. The van der Waals surface area contributed by atoms with Crippen LogP contribution in [-0.2, 0) is 19.4 Å². The van der Waals surface area contributed by atoms with Crippen LogP contribution >= 0.6 is 34.7 Å². The Hall–Kier alpha value is -1.89. The standard InChI is InChI=1S/C20H17ClN2O2S2/c1-2-10-23-19(25)17-13-7-5-9-16(13)27-18(17)22-20(23)26-11-15(24)12-6-3-4-8-14(12)21/h2-4,6,8H,1,5,7,9-11H2. The summed E-state index contributed by atoms with van der Waals surface area (Å²) in [7, 11) is 0. The number of aromatic nitrogens is 2. The van der Waals surface area contributed by atoms with Gasteiger partial charge in [0.05, 0.1) is 16.2 Å². The first-order valence-electron chi connectivity index (χ1n) is 8.66. The minimum atomic E-state index is -0.0845. The van der Waals surface area contributed by atoms with Crippen molar-refractivity contribution in [1.29, 1.82) is 0 Å². The molecule has 7 heteroatoms. The van der Waals surface area contributed by atoms with Crippen molar-refractivity contribution in [2.75, 3.05) is 5.75 Å². The minimum absolute atomic E-state index is 0.0352. The Morgan fingerprint density at radius 1 is 1.37 bits per heavy atom. The zero-order chi connectivity index (χ0) is 19.0. The molecule has 0 amide bonds. The summed E-state index contributed by atoms with van der Waals surface area (Å²) in [6.07, 6.45) is 4.74. The number of carbonyl (C=O) groups excluding carboxylic acids is 1. The number of rotatable bonds is 6. The van der Waals surface area contributed by atoms with Crippen molar-refractivity contribution in [3.8, 4) is 0 Å². The monoisotopic (exact) mass is 416 g/mol. The summed E-state index contributed by atoms with van der Waals surface area (Å²) >= 11 is 8.99. The van der Waals surface area contributed by atoms with Gasteiger partial charge in [0.15, 0.2) is 10.9 Å². The van der Waals surface area contributed by atoms with E-state index in [0.29, 0.717) is 22.3 Å². The first-order chi connectivity index (χ1) is 13.1. The molecule has 3 aromatic rings. The van der Waals surface area contributed by atoms with Crippen LogP contribution in [0.2, 0.25) is 5.02 Å². The van der Waals surface area contributed by atoms with Crippen molar-refractivity contribution in [3.05, 3.63) is 68.3 Å². The van der Waals surface area contributed by atoms with E-state index in [1.807, 2.05) is 0 Å². The maximum absolute atomic E-state index is 13.1. The fourth-order valence-electron chi connectivity index (χ4n) is 3.35. The highest BCUT2D eigenvalue weighted by Crippen LogP contribution is 2.35. The molecular formula is C20H17ClN2O2S2. The Morgan fingerprint density at radius 3 is 2.96 bits per heavy atom. The number of allylic oxidation sites excluding steroid dienone is 1. The summed E-state index contributed by atoms with van der Waals surface area (Å²) < 4.78 is 1.62. The van der Waals surface area contributed by atoms with E-state index in [0.717, 1.165) is 35.0 Å². The second-order valence-corrected chi connectivity index (χ2v) is 8.76. The Balaban J connectivity index is 1.70. The lowest BCUT2D eigenvalue weighted by molar-refractivity contribution is 0.102. The number of nitrogens with zero attached hydrogens (tertiary/aromatic N) is 2. The summed E-state index contributed by atoms with van der Waals surface area (Å²) in [6, 6.07) is 6.99. The van der Waals surface area contributed by atoms with E-state index in [9.17, 15) is 9.59 Å². The van der Waals surface area contributed by atoms with Crippen molar-refractivity contribution in [1.82, 2.24) is 9.55 Å². The fraction of sp³-hybridized carbons (Fsp3) is 0.250. The first kappa shape index (κ1) is 18.5. The lowest BCUT2D eigenvalue weighted by Crippen LogP contribution is -2.23. The summed E-state index contributed by atoms with van der Waals surface area (Å²) in [6.45, 7) is 4.12. The van der Waals surface area contributed by atoms with E-state index in [1.165, 1.54) is 16.6 Å². The molecule has 2 heterocycles. The lowest BCUT2D eigenvalue weighted by atomic mass is 10.1. The predicted molar refractivity (Wildman–Crippen MR) is 113 cm³/mol. The number of halogens is 1. The summed E-state index contributed by atoms with van der Waals surface area (Å²) in [4.78, 5) is 32.4. The van der Waals surface area contributed by atoms with Crippen molar-refractivity contribution in [2.24, 2.45) is 0 Å². The van der Waals surface area contributed by atoms with Crippen LogP contribution in [0.3, 0.4) is 0 Å². The van der Waals surface area contributed by atoms with Crippen LogP contribution in [-0.4, -0.2) is 21.1 Å². The van der Waals surface area contributed by atoms with Crippen LogP contribution in [0.4, 0.5) is 0 Å². The van der Waals surface area contributed by atoms with Crippen molar-refractivity contribution in [2.45, 2.75) is 31.0 Å². The van der Waals surface area contributed by atoms with Gasteiger partial charge in [-0.3, -0.25) is 14.2 Å². The number of carbonyl (C=O) groups is 1. The van der Waals surface area contributed by atoms with Crippen LogP contribution in [0.25, 0.3) is 10.2 Å². The molecule has 0 fully saturated rings. The molecule has 0 unspecified atom stereocenters. The minimum Gasteiger partial charge on any atom is -0.293 e. The van der Waals surface area contributed by atoms with E-state index >= 15 is 0 Å². The molecule has 0 saturated heterocycles. The third-order valence-corrected chi connectivity index (χ3v) is 7.10. The second kappa shape index (κ2) is 7.62. The van der Waals surface area contributed by atoms with Crippen LogP contribution in [0.5, 0.6) is 0 Å². The molecule has 1 aliphatic rings.